The summed E-state index contributed by atoms with van der Waals surface area (Å²) in [6.07, 6.45) is 0. The van der Waals surface area contributed by atoms with E-state index in [9.17, 15) is 9.90 Å². The molecule has 20 heavy (non-hydrogen) atoms. The lowest BCUT2D eigenvalue weighted by Crippen LogP contribution is -2.52. The third-order valence-corrected chi connectivity index (χ3v) is 5.28. The van der Waals surface area contributed by atoms with E-state index in [0.717, 1.165) is 26.2 Å². The first-order valence-corrected chi connectivity index (χ1v) is 8.69. The first-order valence-electron chi connectivity index (χ1n) is 6.83. The number of aliphatic hydroxyl groups is 1. The number of rotatable bonds is 5. The van der Waals surface area contributed by atoms with E-state index in [1.54, 1.807) is 23.1 Å². The highest BCUT2D eigenvalue weighted by molar-refractivity contribution is 8.01. The van der Waals surface area contributed by atoms with E-state index >= 15 is 0 Å². The maximum Gasteiger partial charge on any atom is 0.233 e. The van der Waals surface area contributed by atoms with Crippen molar-refractivity contribution in [2.45, 2.75) is 23.7 Å². The van der Waals surface area contributed by atoms with Gasteiger partial charge < -0.3 is 10.0 Å². The number of carbonyl (C=O) groups is 1. The van der Waals surface area contributed by atoms with Crippen LogP contribution in [0.2, 0.25) is 0 Å². The molecule has 4 nitrogen and oxygen atoms in total. The second-order valence-corrected chi connectivity index (χ2v) is 7.91. The summed E-state index contributed by atoms with van der Waals surface area (Å²) in [5, 5.41) is 11.8. The molecule has 1 amide bonds. The van der Waals surface area contributed by atoms with Gasteiger partial charge in [0.15, 0.2) is 0 Å². The lowest BCUT2D eigenvalue weighted by molar-refractivity contribution is -0.130. The van der Waals surface area contributed by atoms with E-state index in [-0.39, 0.29) is 5.91 Å². The molecule has 0 saturated carbocycles. The number of nitrogens with zero attached hydrogens (tertiary/aromatic N) is 2. The van der Waals surface area contributed by atoms with Crippen molar-refractivity contribution in [2.75, 3.05) is 38.5 Å². The molecule has 0 aliphatic carbocycles. The van der Waals surface area contributed by atoms with Crippen LogP contribution in [0.4, 0.5) is 0 Å². The Hall–Kier alpha value is -0.560. The summed E-state index contributed by atoms with van der Waals surface area (Å²) in [5.74, 6) is 0.734. The minimum absolute atomic E-state index is 0.214. The zero-order valence-corrected chi connectivity index (χ0v) is 13.7. The van der Waals surface area contributed by atoms with Gasteiger partial charge in [-0.05, 0) is 25.3 Å². The fourth-order valence-corrected chi connectivity index (χ4v) is 3.96. The number of hydrogen-bond donors (Lipinski definition) is 1. The molecule has 1 fully saturated rings. The van der Waals surface area contributed by atoms with Crippen LogP contribution in [0.15, 0.2) is 21.7 Å². The largest absolute Gasteiger partial charge is 0.389 e. The molecule has 2 rings (SSSR count). The van der Waals surface area contributed by atoms with Crippen LogP contribution in [0.25, 0.3) is 0 Å². The smallest absolute Gasteiger partial charge is 0.233 e. The van der Waals surface area contributed by atoms with Gasteiger partial charge in [0.1, 0.15) is 0 Å². The number of thioether (sulfide) groups is 1. The lowest BCUT2D eigenvalue weighted by atomic mass is 10.1. The minimum Gasteiger partial charge on any atom is -0.389 e. The molecule has 1 aliphatic heterocycles. The minimum atomic E-state index is -0.665. The number of hydrogen-bond acceptors (Lipinski definition) is 5. The monoisotopic (exact) mass is 314 g/mol. The maximum absolute atomic E-state index is 12.1. The normalized spacial score (nSPS) is 17.4. The van der Waals surface area contributed by atoms with Crippen LogP contribution in [0, 0.1) is 0 Å². The molecule has 0 spiro atoms. The van der Waals surface area contributed by atoms with E-state index in [4.69, 9.17) is 0 Å². The topological polar surface area (TPSA) is 43.8 Å². The summed E-state index contributed by atoms with van der Waals surface area (Å²) >= 11 is 3.29. The number of piperazine rings is 1. The van der Waals surface area contributed by atoms with Gasteiger partial charge in [0.2, 0.25) is 5.91 Å². The fraction of sp³-hybridized carbons (Fsp3) is 0.643. The van der Waals surface area contributed by atoms with Crippen LogP contribution in [0.3, 0.4) is 0 Å². The molecule has 1 aromatic heterocycles. The first-order chi connectivity index (χ1) is 9.44. The summed E-state index contributed by atoms with van der Waals surface area (Å²) in [6, 6.07) is 4.05. The number of carbonyl (C=O) groups excluding carboxylic acids is 1. The van der Waals surface area contributed by atoms with Gasteiger partial charge in [0.25, 0.3) is 0 Å². The molecule has 0 atom stereocenters. The Balaban J connectivity index is 1.71. The highest BCUT2D eigenvalue weighted by Crippen LogP contribution is 2.23. The van der Waals surface area contributed by atoms with E-state index < -0.39 is 5.60 Å². The summed E-state index contributed by atoms with van der Waals surface area (Å²) in [5.41, 5.74) is -0.665. The van der Waals surface area contributed by atoms with Gasteiger partial charge in [0, 0.05) is 32.7 Å². The summed E-state index contributed by atoms with van der Waals surface area (Å²) in [6.45, 7) is 7.53. The summed E-state index contributed by atoms with van der Waals surface area (Å²) in [4.78, 5) is 16.3. The van der Waals surface area contributed by atoms with E-state index in [0.29, 0.717) is 12.3 Å². The Labute approximate surface area is 128 Å². The Morgan fingerprint density at radius 3 is 2.65 bits per heavy atom. The van der Waals surface area contributed by atoms with Crippen LogP contribution >= 0.6 is 23.1 Å². The van der Waals surface area contributed by atoms with Crippen molar-refractivity contribution in [3.05, 3.63) is 17.5 Å². The molecule has 1 aliphatic rings. The average Bonchev–Trinajstić information content (AvgIpc) is 2.88. The third-order valence-electron chi connectivity index (χ3n) is 3.17. The maximum atomic E-state index is 12.1. The predicted molar refractivity (Wildman–Crippen MR) is 84.4 cm³/mol. The Morgan fingerprint density at radius 2 is 2.10 bits per heavy atom. The van der Waals surface area contributed by atoms with Crippen LogP contribution in [0.5, 0.6) is 0 Å². The van der Waals surface area contributed by atoms with E-state index in [1.165, 1.54) is 4.21 Å². The fourth-order valence-electron chi connectivity index (χ4n) is 2.27. The van der Waals surface area contributed by atoms with Gasteiger partial charge in [0.05, 0.1) is 15.6 Å². The van der Waals surface area contributed by atoms with Gasteiger partial charge in [-0.1, -0.05) is 6.07 Å². The highest BCUT2D eigenvalue weighted by atomic mass is 32.2. The van der Waals surface area contributed by atoms with Gasteiger partial charge in [-0.2, -0.15) is 0 Å². The standard InChI is InChI=1S/C14H22N2O2S2/c1-14(2,18)11-15-5-7-16(8-6-15)12(17)10-20-13-4-3-9-19-13/h3-4,9,18H,5-8,10-11H2,1-2H3. The van der Waals surface area contributed by atoms with E-state index in [1.807, 2.05) is 36.3 Å². The molecule has 1 saturated heterocycles. The van der Waals surface area contributed by atoms with Crippen molar-refractivity contribution < 1.29 is 9.90 Å². The second kappa shape index (κ2) is 6.93. The van der Waals surface area contributed by atoms with Crippen LogP contribution in [-0.2, 0) is 4.79 Å². The number of thiophene rings is 1. The van der Waals surface area contributed by atoms with Gasteiger partial charge in [-0.15, -0.1) is 23.1 Å². The Bertz CT molecular complexity index is 421. The first kappa shape index (κ1) is 15.8. The highest BCUT2D eigenvalue weighted by Gasteiger charge is 2.24. The van der Waals surface area contributed by atoms with Gasteiger partial charge in [-0.25, -0.2) is 0 Å². The average molecular weight is 314 g/mol. The van der Waals surface area contributed by atoms with Crippen molar-refractivity contribution in [3.63, 3.8) is 0 Å². The Kier molecular flexibility index (Phi) is 5.49. The molecule has 2 heterocycles. The van der Waals surface area contributed by atoms with E-state index in [2.05, 4.69) is 4.90 Å². The molecule has 6 heteroatoms. The predicted octanol–water partition coefficient (Wildman–Crippen LogP) is 1.76. The lowest BCUT2D eigenvalue weighted by Gasteiger charge is -2.37. The summed E-state index contributed by atoms with van der Waals surface area (Å²) in [7, 11) is 0. The molecule has 0 bridgehead atoms. The quantitative estimate of drug-likeness (QED) is 0.841. The summed E-state index contributed by atoms with van der Waals surface area (Å²) < 4.78 is 1.19. The van der Waals surface area contributed by atoms with Crippen LogP contribution < -0.4 is 0 Å². The molecular weight excluding hydrogens is 292 g/mol. The SMILES string of the molecule is CC(C)(O)CN1CCN(C(=O)CSc2cccs2)CC1. The van der Waals surface area contributed by atoms with Crippen molar-refractivity contribution in [2.24, 2.45) is 0 Å². The molecule has 0 aromatic carbocycles. The van der Waals surface area contributed by atoms with Crippen LogP contribution in [0.1, 0.15) is 13.8 Å². The number of amides is 1. The van der Waals surface area contributed by atoms with Gasteiger partial charge in [-0.3, -0.25) is 9.69 Å². The van der Waals surface area contributed by atoms with Crippen molar-refractivity contribution >= 4 is 29.0 Å². The van der Waals surface area contributed by atoms with Crippen LogP contribution in [-0.4, -0.2) is 64.9 Å². The molecule has 0 unspecified atom stereocenters. The Morgan fingerprint density at radius 1 is 1.40 bits per heavy atom. The molecule has 0 radical (unpaired) electrons. The molecule has 1 aromatic rings. The van der Waals surface area contributed by atoms with Gasteiger partial charge >= 0.3 is 0 Å². The zero-order valence-electron chi connectivity index (χ0n) is 12.0. The molecule has 112 valence electrons. The molecular formula is C14H22N2O2S2. The molecule has 1 N–H and O–H groups in total. The number of β-amino-alcohol motifs (C(OH)–C–C–N with tert-alkyl or cyclic N) is 1. The second-order valence-electron chi connectivity index (χ2n) is 5.69. The third kappa shape index (κ3) is 5.09. The van der Waals surface area contributed by atoms with Crippen molar-refractivity contribution in [1.29, 1.82) is 0 Å². The zero-order chi connectivity index (χ0) is 14.6. The van der Waals surface area contributed by atoms with Crippen molar-refractivity contribution in [1.82, 2.24) is 9.80 Å². The van der Waals surface area contributed by atoms with Crippen molar-refractivity contribution in [3.8, 4) is 0 Å².